The molecule has 1 atom stereocenters. The van der Waals surface area contributed by atoms with E-state index in [1.165, 1.54) is 17.8 Å². The number of nitrogens with zero attached hydrogens (tertiary/aromatic N) is 3. The van der Waals surface area contributed by atoms with E-state index in [0.717, 1.165) is 24.2 Å². The molecule has 3 aromatic rings. The molecule has 0 bridgehead atoms. The predicted octanol–water partition coefficient (Wildman–Crippen LogP) is 4.55. The van der Waals surface area contributed by atoms with Gasteiger partial charge in [-0.05, 0) is 43.0 Å². The summed E-state index contributed by atoms with van der Waals surface area (Å²) in [7, 11) is 0. The number of rotatable bonds is 7. The topological polar surface area (TPSA) is 73.8 Å². The molecule has 1 heterocycles. The molecule has 29 heavy (non-hydrogen) atoms. The highest BCUT2D eigenvalue weighted by Gasteiger charge is 2.51. The van der Waals surface area contributed by atoms with Crippen LogP contribution < -0.4 is 5.73 Å². The Kier molecular flexibility index (Phi) is 5.61. The summed E-state index contributed by atoms with van der Waals surface area (Å²) in [4.78, 5) is 12.1. The third kappa shape index (κ3) is 3.65. The van der Waals surface area contributed by atoms with Crippen LogP contribution in [0.4, 0.5) is 4.39 Å². The molecule has 1 unspecified atom stereocenters. The van der Waals surface area contributed by atoms with Gasteiger partial charge in [0.25, 0.3) is 0 Å². The van der Waals surface area contributed by atoms with Crippen molar-refractivity contribution in [3.8, 4) is 11.3 Å². The fourth-order valence-electron chi connectivity index (χ4n) is 3.57. The normalized spacial score (nSPS) is 16.2. The zero-order chi connectivity index (χ0) is 20.4. The van der Waals surface area contributed by atoms with Gasteiger partial charge in [-0.1, -0.05) is 42.0 Å². The number of aromatic nitrogens is 3. The summed E-state index contributed by atoms with van der Waals surface area (Å²) < 4.78 is 16.1. The molecule has 150 valence electrons. The van der Waals surface area contributed by atoms with Gasteiger partial charge in [0.2, 0.25) is 5.91 Å². The molecule has 1 saturated carbocycles. The second-order valence-electron chi connectivity index (χ2n) is 7.06. The molecule has 1 fully saturated rings. The third-order valence-corrected chi connectivity index (χ3v) is 6.98. The molecule has 1 aliphatic carbocycles. The number of halogens is 2. The Morgan fingerprint density at radius 2 is 1.90 bits per heavy atom. The molecular formula is C21H20ClFN4OS. The first-order chi connectivity index (χ1) is 14.0. The number of benzene rings is 2. The molecule has 1 aromatic heterocycles. The lowest BCUT2D eigenvalue weighted by Crippen LogP contribution is -2.47. The zero-order valence-corrected chi connectivity index (χ0v) is 17.2. The number of carbonyl (C=O) groups is 1. The van der Waals surface area contributed by atoms with Gasteiger partial charge in [-0.3, -0.25) is 4.79 Å². The number of hydrogen-bond acceptors (Lipinski definition) is 4. The largest absolute Gasteiger partial charge is 0.368 e. The van der Waals surface area contributed by atoms with Gasteiger partial charge >= 0.3 is 0 Å². The van der Waals surface area contributed by atoms with Crippen LogP contribution >= 0.6 is 23.4 Å². The van der Waals surface area contributed by atoms with E-state index in [2.05, 4.69) is 10.3 Å². The molecule has 4 rings (SSSR count). The highest BCUT2D eigenvalue weighted by atomic mass is 35.5. The molecular weight excluding hydrogens is 411 g/mol. The molecule has 0 radical (unpaired) electrons. The van der Waals surface area contributed by atoms with Gasteiger partial charge in [-0.15, -0.1) is 28.5 Å². The van der Waals surface area contributed by atoms with E-state index < -0.39 is 16.6 Å². The molecule has 1 amide bonds. The van der Waals surface area contributed by atoms with E-state index in [0.29, 0.717) is 11.6 Å². The van der Waals surface area contributed by atoms with E-state index in [-0.39, 0.29) is 17.2 Å². The summed E-state index contributed by atoms with van der Waals surface area (Å²) in [6.45, 7) is 0. The van der Waals surface area contributed by atoms with Crippen LogP contribution in [0.1, 0.15) is 25.0 Å². The van der Waals surface area contributed by atoms with Gasteiger partial charge in [-0.25, -0.2) is 9.07 Å². The molecule has 0 aliphatic heterocycles. The molecule has 5 nitrogen and oxygen atoms in total. The summed E-state index contributed by atoms with van der Waals surface area (Å²) in [5.41, 5.74) is 6.67. The van der Waals surface area contributed by atoms with E-state index in [4.69, 9.17) is 17.3 Å². The fourth-order valence-corrected chi connectivity index (χ4v) is 4.77. The van der Waals surface area contributed by atoms with Gasteiger partial charge in [0.1, 0.15) is 11.5 Å². The fraction of sp³-hybridized carbons (Fsp3) is 0.286. The van der Waals surface area contributed by atoms with Crippen molar-refractivity contribution in [1.29, 1.82) is 0 Å². The van der Waals surface area contributed by atoms with Crippen molar-refractivity contribution in [2.24, 2.45) is 11.7 Å². The minimum absolute atomic E-state index is 0.133. The molecule has 8 heteroatoms. The summed E-state index contributed by atoms with van der Waals surface area (Å²) in [5.74, 6) is -0.871. The lowest BCUT2D eigenvalue weighted by molar-refractivity contribution is -0.123. The number of alkyl halides is 1. The van der Waals surface area contributed by atoms with E-state index >= 15 is 0 Å². The minimum Gasteiger partial charge on any atom is -0.368 e. The Morgan fingerprint density at radius 3 is 2.52 bits per heavy atom. The number of hydrogen-bond donors (Lipinski definition) is 1. The van der Waals surface area contributed by atoms with Crippen molar-refractivity contribution in [1.82, 2.24) is 15.0 Å². The average molecular weight is 431 g/mol. The van der Waals surface area contributed by atoms with E-state index in [9.17, 15) is 9.18 Å². The van der Waals surface area contributed by atoms with Crippen LogP contribution in [0.2, 0.25) is 0 Å². The first kappa shape index (κ1) is 19.9. The Hall–Kier alpha value is -2.38. The van der Waals surface area contributed by atoms with Crippen molar-refractivity contribution < 1.29 is 9.18 Å². The van der Waals surface area contributed by atoms with Gasteiger partial charge in [0.05, 0.1) is 11.6 Å². The van der Waals surface area contributed by atoms with Gasteiger partial charge in [0.15, 0.2) is 4.87 Å². The quantitative estimate of drug-likeness (QED) is 0.440. The summed E-state index contributed by atoms with van der Waals surface area (Å²) in [5, 5.41) is 8.44. The number of primary amides is 1. The second-order valence-corrected chi connectivity index (χ2v) is 8.67. The first-order valence-corrected chi connectivity index (χ1v) is 10.7. The first-order valence-electron chi connectivity index (χ1n) is 9.37. The van der Waals surface area contributed by atoms with Crippen molar-refractivity contribution in [2.45, 2.75) is 34.9 Å². The van der Waals surface area contributed by atoms with Gasteiger partial charge < -0.3 is 5.73 Å². The monoisotopic (exact) mass is 430 g/mol. The number of thioether (sulfide) groups is 1. The van der Waals surface area contributed by atoms with E-state index in [1.807, 2.05) is 30.3 Å². The maximum absolute atomic E-state index is 14.6. The SMILES string of the molecule is NC(=O)C(Cl)(c1c(-c2ccccc2F)nnn1CSc1ccccc1)C1CCC1. The second kappa shape index (κ2) is 8.16. The molecule has 2 N–H and O–H groups in total. The van der Waals surface area contributed by atoms with Crippen LogP contribution in [-0.4, -0.2) is 20.9 Å². The van der Waals surface area contributed by atoms with Crippen molar-refractivity contribution >= 4 is 29.3 Å². The summed E-state index contributed by atoms with van der Waals surface area (Å²) in [6, 6.07) is 16.1. The lowest BCUT2D eigenvalue weighted by Gasteiger charge is -2.38. The Labute approximate surface area is 177 Å². The number of nitrogens with two attached hydrogens (primary N) is 1. The van der Waals surface area contributed by atoms with Crippen molar-refractivity contribution in [2.75, 3.05) is 0 Å². The minimum atomic E-state index is -1.49. The smallest absolute Gasteiger partial charge is 0.245 e. The van der Waals surface area contributed by atoms with Gasteiger partial charge in [-0.2, -0.15) is 0 Å². The van der Waals surface area contributed by atoms with Crippen LogP contribution in [0.3, 0.4) is 0 Å². The maximum Gasteiger partial charge on any atom is 0.245 e. The standard InChI is InChI=1S/C21H20ClFN4OS/c22-21(20(24)28,14-7-6-8-14)19-18(16-11-4-5-12-17(16)23)25-26-27(19)13-29-15-9-2-1-3-10-15/h1-5,9-12,14H,6-8,13H2,(H2,24,28). The lowest BCUT2D eigenvalue weighted by atomic mass is 9.72. The molecule has 0 spiro atoms. The summed E-state index contributed by atoms with van der Waals surface area (Å²) in [6.07, 6.45) is 2.53. The Morgan fingerprint density at radius 1 is 1.21 bits per heavy atom. The third-order valence-electron chi connectivity index (χ3n) is 5.33. The van der Waals surface area contributed by atoms with Crippen LogP contribution in [0.5, 0.6) is 0 Å². The summed E-state index contributed by atoms with van der Waals surface area (Å²) >= 11 is 8.45. The maximum atomic E-state index is 14.6. The van der Waals surface area contributed by atoms with Crippen LogP contribution in [0, 0.1) is 11.7 Å². The Balaban J connectivity index is 1.81. The van der Waals surface area contributed by atoms with Crippen LogP contribution in [0.25, 0.3) is 11.3 Å². The van der Waals surface area contributed by atoms with Crippen LogP contribution in [0.15, 0.2) is 59.5 Å². The highest BCUT2D eigenvalue weighted by molar-refractivity contribution is 7.98. The van der Waals surface area contributed by atoms with Gasteiger partial charge in [0, 0.05) is 10.5 Å². The zero-order valence-electron chi connectivity index (χ0n) is 15.6. The van der Waals surface area contributed by atoms with Crippen molar-refractivity contribution in [3.05, 3.63) is 66.1 Å². The van der Waals surface area contributed by atoms with E-state index in [1.54, 1.807) is 22.9 Å². The van der Waals surface area contributed by atoms with Crippen LogP contribution in [-0.2, 0) is 15.5 Å². The number of amides is 1. The predicted molar refractivity (Wildman–Crippen MR) is 112 cm³/mol. The molecule has 2 aromatic carbocycles. The Bertz CT molecular complexity index is 1020. The molecule has 1 aliphatic rings. The van der Waals surface area contributed by atoms with Crippen molar-refractivity contribution in [3.63, 3.8) is 0 Å². The highest BCUT2D eigenvalue weighted by Crippen LogP contribution is 2.49. The molecule has 0 saturated heterocycles. The average Bonchev–Trinajstić information content (AvgIpc) is 3.10. The number of carbonyl (C=O) groups excluding carboxylic acids is 1.